The standard InChI is InChI=1S/C21H28N2O2/c1-7-9-23(8-2)19-12-17(6)22-21(18(19)13-24)25-20-15(4)10-14(3)11-16(20)5/h10-13H,7-9H2,1-6H3. The number of aromatic nitrogens is 1. The third-order valence-electron chi connectivity index (χ3n) is 4.27. The Morgan fingerprint density at radius 1 is 1.08 bits per heavy atom. The van der Waals surface area contributed by atoms with Gasteiger partial charge in [-0.05, 0) is 58.2 Å². The lowest BCUT2D eigenvalue weighted by atomic mass is 10.1. The molecule has 1 aromatic carbocycles. The lowest BCUT2D eigenvalue weighted by Gasteiger charge is -2.25. The molecule has 4 nitrogen and oxygen atoms in total. The highest BCUT2D eigenvalue weighted by Gasteiger charge is 2.18. The molecule has 4 heteroatoms. The van der Waals surface area contributed by atoms with Crippen molar-refractivity contribution in [2.24, 2.45) is 0 Å². The van der Waals surface area contributed by atoms with Gasteiger partial charge < -0.3 is 9.64 Å². The first-order valence-electron chi connectivity index (χ1n) is 8.88. The first-order chi connectivity index (χ1) is 11.9. The van der Waals surface area contributed by atoms with Crippen LogP contribution in [-0.2, 0) is 0 Å². The summed E-state index contributed by atoms with van der Waals surface area (Å²) in [6, 6.07) is 6.12. The molecule has 1 aromatic heterocycles. The Bertz CT molecular complexity index is 746. The fourth-order valence-corrected chi connectivity index (χ4v) is 3.23. The normalized spacial score (nSPS) is 10.6. The van der Waals surface area contributed by atoms with Crippen molar-refractivity contribution in [2.75, 3.05) is 18.0 Å². The van der Waals surface area contributed by atoms with E-state index in [1.807, 2.05) is 26.8 Å². The molecule has 0 atom stereocenters. The van der Waals surface area contributed by atoms with Gasteiger partial charge in [0.1, 0.15) is 11.3 Å². The molecule has 0 saturated carbocycles. The molecular formula is C21H28N2O2. The molecule has 134 valence electrons. The van der Waals surface area contributed by atoms with Gasteiger partial charge in [0.15, 0.2) is 6.29 Å². The van der Waals surface area contributed by atoms with Crippen LogP contribution < -0.4 is 9.64 Å². The van der Waals surface area contributed by atoms with E-state index in [4.69, 9.17) is 4.74 Å². The highest BCUT2D eigenvalue weighted by molar-refractivity contribution is 5.88. The minimum Gasteiger partial charge on any atom is -0.438 e. The molecule has 25 heavy (non-hydrogen) atoms. The highest BCUT2D eigenvalue weighted by Crippen LogP contribution is 2.34. The molecule has 0 aliphatic heterocycles. The number of carbonyl (C=O) groups excluding carboxylic acids is 1. The molecule has 0 saturated heterocycles. The maximum absolute atomic E-state index is 11.9. The van der Waals surface area contributed by atoms with Crippen LogP contribution >= 0.6 is 0 Å². The Morgan fingerprint density at radius 3 is 2.24 bits per heavy atom. The Kier molecular flexibility index (Phi) is 6.18. The fraction of sp³-hybridized carbons (Fsp3) is 0.429. The van der Waals surface area contributed by atoms with Gasteiger partial charge in [-0.25, -0.2) is 4.98 Å². The van der Waals surface area contributed by atoms with Crippen LogP contribution in [0.15, 0.2) is 18.2 Å². The number of hydrogen-bond donors (Lipinski definition) is 0. The number of aldehydes is 1. The molecule has 0 aliphatic carbocycles. The first-order valence-corrected chi connectivity index (χ1v) is 8.88. The topological polar surface area (TPSA) is 42.4 Å². The summed E-state index contributed by atoms with van der Waals surface area (Å²) in [5, 5.41) is 0. The van der Waals surface area contributed by atoms with Gasteiger partial charge in [0.05, 0.1) is 5.69 Å². The molecule has 2 rings (SSSR count). The summed E-state index contributed by atoms with van der Waals surface area (Å²) in [7, 11) is 0. The average Bonchev–Trinajstić information content (AvgIpc) is 2.55. The fourth-order valence-electron chi connectivity index (χ4n) is 3.23. The van der Waals surface area contributed by atoms with Gasteiger partial charge in [-0.3, -0.25) is 4.79 Å². The predicted molar refractivity (Wildman–Crippen MR) is 103 cm³/mol. The number of aryl methyl sites for hydroxylation is 4. The van der Waals surface area contributed by atoms with E-state index in [0.717, 1.165) is 54.1 Å². The zero-order valence-electron chi connectivity index (χ0n) is 16.1. The Balaban J connectivity index is 2.55. The van der Waals surface area contributed by atoms with Crippen molar-refractivity contribution >= 4 is 12.0 Å². The number of ether oxygens (including phenoxy) is 1. The molecular weight excluding hydrogens is 312 g/mol. The lowest BCUT2D eigenvalue weighted by Crippen LogP contribution is -2.25. The second kappa shape index (κ2) is 8.15. The minimum absolute atomic E-state index is 0.384. The van der Waals surface area contributed by atoms with E-state index in [2.05, 4.69) is 42.8 Å². The van der Waals surface area contributed by atoms with Crippen molar-refractivity contribution < 1.29 is 9.53 Å². The van der Waals surface area contributed by atoms with Crippen LogP contribution in [0, 0.1) is 27.7 Å². The van der Waals surface area contributed by atoms with E-state index in [0.29, 0.717) is 11.4 Å². The molecule has 0 fully saturated rings. The van der Waals surface area contributed by atoms with Crippen LogP contribution in [0.3, 0.4) is 0 Å². The molecule has 2 aromatic rings. The Morgan fingerprint density at radius 2 is 1.72 bits per heavy atom. The number of anilines is 1. The van der Waals surface area contributed by atoms with Crippen LogP contribution in [0.5, 0.6) is 11.6 Å². The zero-order valence-corrected chi connectivity index (χ0v) is 16.1. The average molecular weight is 340 g/mol. The van der Waals surface area contributed by atoms with Crippen molar-refractivity contribution in [3.05, 3.63) is 46.1 Å². The van der Waals surface area contributed by atoms with Crippen molar-refractivity contribution in [3.63, 3.8) is 0 Å². The molecule has 0 spiro atoms. The summed E-state index contributed by atoms with van der Waals surface area (Å²) in [5.41, 5.74) is 5.52. The smallest absolute Gasteiger partial charge is 0.232 e. The quantitative estimate of drug-likeness (QED) is 0.653. The van der Waals surface area contributed by atoms with Gasteiger partial charge in [0.25, 0.3) is 0 Å². The molecule has 1 heterocycles. The zero-order chi connectivity index (χ0) is 18.6. The molecule has 0 radical (unpaired) electrons. The van der Waals surface area contributed by atoms with Crippen LogP contribution in [0.1, 0.15) is 53.0 Å². The third kappa shape index (κ3) is 4.19. The second-order valence-electron chi connectivity index (χ2n) is 6.53. The third-order valence-corrected chi connectivity index (χ3v) is 4.27. The SMILES string of the molecule is CCCN(CC)c1cc(C)nc(Oc2c(C)cc(C)cc2C)c1C=O. The summed E-state index contributed by atoms with van der Waals surface area (Å²) in [6.45, 7) is 14.0. The highest BCUT2D eigenvalue weighted by atomic mass is 16.5. The lowest BCUT2D eigenvalue weighted by molar-refractivity contribution is 0.112. The monoisotopic (exact) mass is 340 g/mol. The largest absolute Gasteiger partial charge is 0.438 e. The van der Waals surface area contributed by atoms with Crippen LogP contribution in [0.2, 0.25) is 0 Å². The van der Waals surface area contributed by atoms with Gasteiger partial charge in [0, 0.05) is 18.8 Å². The Labute approximate surface area is 150 Å². The van der Waals surface area contributed by atoms with E-state index in [-0.39, 0.29) is 0 Å². The van der Waals surface area contributed by atoms with Crippen molar-refractivity contribution in [2.45, 2.75) is 48.0 Å². The summed E-state index contributed by atoms with van der Waals surface area (Å²) in [4.78, 5) is 18.5. The minimum atomic E-state index is 0.384. The van der Waals surface area contributed by atoms with Crippen LogP contribution in [0.25, 0.3) is 0 Å². The van der Waals surface area contributed by atoms with Gasteiger partial charge >= 0.3 is 0 Å². The van der Waals surface area contributed by atoms with Crippen LogP contribution in [-0.4, -0.2) is 24.4 Å². The van der Waals surface area contributed by atoms with E-state index >= 15 is 0 Å². The number of benzene rings is 1. The Hall–Kier alpha value is -2.36. The van der Waals surface area contributed by atoms with E-state index in [1.165, 1.54) is 5.56 Å². The number of pyridine rings is 1. The van der Waals surface area contributed by atoms with E-state index in [1.54, 1.807) is 0 Å². The number of carbonyl (C=O) groups is 1. The van der Waals surface area contributed by atoms with Crippen LogP contribution in [0.4, 0.5) is 5.69 Å². The van der Waals surface area contributed by atoms with Crippen molar-refractivity contribution in [3.8, 4) is 11.6 Å². The van der Waals surface area contributed by atoms with Gasteiger partial charge in [-0.2, -0.15) is 0 Å². The number of hydrogen-bond acceptors (Lipinski definition) is 4. The first kappa shape index (κ1) is 19.0. The van der Waals surface area contributed by atoms with Gasteiger partial charge in [-0.15, -0.1) is 0 Å². The summed E-state index contributed by atoms with van der Waals surface area (Å²) >= 11 is 0. The number of nitrogens with zero attached hydrogens (tertiary/aromatic N) is 2. The molecule has 0 aliphatic rings. The molecule has 0 bridgehead atoms. The summed E-state index contributed by atoms with van der Waals surface area (Å²) < 4.78 is 6.14. The number of rotatable bonds is 7. The van der Waals surface area contributed by atoms with E-state index < -0.39 is 0 Å². The summed E-state index contributed by atoms with van der Waals surface area (Å²) in [5.74, 6) is 1.16. The molecule has 0 unspecified atom stereocenters. The maximum Gasteiger partial charge on any atom is 0.232 e. The molecule has 0 N–H and O–H groups in total. The van der Waals surface area contributed by atoms with Gasteiger partial charge in [-0.1, -0.05) is 24.6 Å². The van der Waals surface area contributed by atoms with Crippen molar-refractivity contribution in [1.82, 2.24) is 4.98 Å². The molecule has 0 amide bonds. The second-order valence-corrected chi connectivity index (χ2v) is 6.53. The van der Waals surface area contributed by atoms with E-state index in [9.17, 15) is 4.79 Å². The predicted octanol–water partition coefficient (Wildman–Crippen LogP) is 5.16. The maximum atomic E-state index is 11.9. The van der Waals surface area contributed by atoms with Crippen molar-refractivity contribution in [1.29, 1.82) is 0 Å². The van der Waals surface area contributed by atoms with Gasteiger partial charge in [0.2, 0.25) is 5.88 Å². The summed E-state index contributed by atoms with van der Waals surface area (Å²) in [6.07, 6.45) is 1.87.